The van der Waals surface area contributed by atoms with Crippen LogP contribution in [0, 0.1) is 0 Å². The Bertz CT molecular complexity index is 899. The van der Waals surface area contributed by atoms with Crippen molar-refractivity contribution in [2.45, 2.75) is 30.3 Å². The number of ether oxygens (including phenoxy) is 1. The lowest BCUT2D eigenvalue weighted by Gasteiger charge is -2.13. The van der Waals surface area contributed by atoms with E-state index in [4.69, 9.17) is 16.3 Å². The molecule has 9 heteroatoms. The predicted molar refractivity (Wildman–Crippen MR) is 110 cm³/mol. The van der Waals surface area contributed by atoms with E-state index in [-0.39, 0.29) is 11.2 Å². The molecule has 0 aliphatic heterocycles. The highest BCUT2D eigenvalue weighted by molar-refractivity contribution is 8.00. The number of halogens is 1. The molecule has 0 saturated carbocycles. The molecule has 0 bridgehead atoms. The highest BCUT2D eigenvalue weighted by atomic mass is 35.5. The zero-order chi connectivity index (χ0) is 19.2. The van der Waals surface area contributed by atoms with Gasteiger partial charge >= 0.3 is 0 Å². The Morgan fingerprint density at radius 1 is 1.44 bits per heavy atom. The summed E-state index contributed by atoms with van der Waals surface area (Å²) in [5, 5.41) is 13.9. The zero-order valence-corrected chi connectivity index (χ0v) is 17.3. The molecule has 1 atom stereocenters. The topological polar surface area (TPSA) is 69.0 Å². The van der Waals surface area contributed by atoms with E-state index >= 15 is 0 Å². The van der Waals surface area contributed by atoms with Crippen LogP contribution in [0.3, 0.4) is 0 Å². The van der Waals surface area contributed by atoms with Gasteiger partial charge in [0.25, 0.3) is 0 Å². The summed E-state index contributed by atoms with van der Waals surface area (Å²) in [7, 11) is 1.55. The average Bonchev–Trinajstić information content (AvgIpc) is 3.31. The number of nitrogens with zero attached hydrogens (tertiary/aromatic N) is 3. The minimum Gasteiger partial charge on any atom is -0.495 e. The van der Waals surface area contributed by atoms with Crippen molar-refractivity contribution in [2.24, 2.45) is 0 Å². The number of hydrogen-bond donors (Lipinski definition) is 1. The van der Waals surface area contributed by atoms with Gasteiger partial charge in [-0.05, 0) is 43.0 Å². The number of aryl methyl sites for hydroxylation is 2. The Kier molecular flexibility index (Phi) is 6.76. The Hall–Kier alpha value is -2.03. The molecule has 0 aliphatic carbocycles. The van der Waals surface area contributed by atoms with Gasteiger partial charge in [0.15, 0.2) is 5.16 Å². The first-order chi connectivity index (χ1) is 13.1. The molecule has 142 valence electrons. The van der Waals surface area contributed by atoms with Crippen molar-refractivity contribution < 1.29 is 9.53 Å². The third kappa shape index (κ3) is 5.24. The van der Waals surface area contributed by atoms with Crippen molar-refractivity contribution in [2.75, 3.05) is 12.4 Å². The summed E-state index contributed by atoms with van der Waals surface area (Å²) in [6.45, 7) is 2.61. The second kappa shape index (κ2) is 9.25. The molecule has 6 nitrogen and oxygen atoms in total. The molecule has 2 aromatic heterocycles. The van der Waals surface area contributed by atoms with E-state index in [1.807, 2.05) is 17.6 Å². The molecule has 0 saturated heterocycles. The van der Waals surface area contributed by atoms with E-state index in [2.05, 4.69) is 27.0 Å². The fourth-order valence-corrected chi connectivity index (χ4v) is 4.18. The molecular formula is C18H19ClN4O2S2. The largest absolute Gasteiger partial charge is 0.495 e. The normalized spacial score (nSPS) is 12.0. The maximum atomic E-state index is 12.5. The molecule has 0 spiro atoms. The van der Waals surface area contributed by atoms with Crippen LogP contribution in [0.2, 0.25) is 5.02 Å². The van der Waals surface area contributed by atoms with Crippen LogP contribution in [0.25, 0.3) is 0 Å². The molecule has 0 aliphatic rings. The van der Waals surface area contributed by atoms with Crippen LogP contribution in [0.1, 0.15) is 11.8 Å². The lowest BCUT2D eigenvalue weighted by atomic mass is 10.3. The highest BCUT2D eigenvalue weighted by Crippen LogP contribution is 2.28. The van der Waals surface area contributed by atoms with Crippen molar-refractivity contribution in [3.8, 4) is 5.75 Å². The quantitative estimate of drug-likeness (QED) is 0.546. The highest BCUT2D eigenvalue weighted by Gasteiger charge is 2.18. The van der Waals surface area contributed by atoms with Gasteiger partial charge < -0.3 is 14.6 Å². The van der Waals surface area contributed by atoms with Crippen LogP contribution in [0.15, 0.2) is 47.2 Å². The van der Waals surface area contributed by atoms with Crippen molar-refractivity contribution in [3.63, 3.8) is 0 Å². The third-order valence-electron chi connectivity index (χ3n) is 3.83. The van der Waals surface area contributed by atoms with Gasteiger partial charge in [-0.25, -0.2) is 0 Å². The van der Waals surface area contributed by atoms with Crippen LogP contribution < -0.4 is 10.1 Å². The molecule has 1 N–H and O–H groups in total. The van der Waals surface area contributed by atoms with Gasteiger partial charge in [-0.3, -0.25) is 4.79 Å². The molecule has 0 radical (unpaired) electrons. The number of methoxy groups -OCH3 is 1. The monoisotopic (exact) mass is 422 g/mol. The summed E-state index contributed by atoms with van der Waals surface area (Å²) in [6.07, 6.45) is 2.61. The Labute approximate surface area is 170 Å². The van der Waals surface area contributed by atoms with Crippen molar-refractivity contribution in [3.05, 3.63) is 51.9 Å². The number of amides is 1. The second-order valence-electron chi connectivity index (χ2n) is 5.73. The molecule has 0 fully saturated rings. The number of carbonyl (C=O) groups excluding carboxylic acids is 1. The molecule has 1 aromatic carbocycles. The Morgan fingerprint density at radius 3 is 3.00 bits per heavy atom. The Morgan fingerprint density at radius 2 is 2.30 bits per heavy atom. The number of nitrogens with one attached hydrogen (secondary N) is 1. The van der Waals surface area contributed by atoms with Gasteiger partial charge in [0.05, 0.1) is 17.4 Å². The number of benzene rings is 1. The van der Waals surface area contributed by atoms with Crippen molar-refractivity contribution >= 4 is 46.3 Å². The van der Waals surface area contributed by atoms with Crippen LogP contribution in [0.5, 0.6) is 5.75 Å². The van der Waals surface area contributed by atoms with E-state index in [1.165, 1.54) is 16.6 Å². The summed E-state index contributed by atoms with van der Waals surface area (Å²) >= 11 is 9.21. The van der Waals surface area contributed by atoms with Crippen LogP contribution in [-0.2, 0) is 17.8 Å². The number of thiophene rings is 1. The van der Waals surface area contributed by atoms with E-state index < -0.39 is 0 Å². The molecular weight excluding hydrogens is 404 g/mol. The van der Waals surface area contributed by atoms with Gasteiger partial charge in [0.2, 0.25) is 5.91 Å². The molecule has 1 amide bonds. The first kappa shape index (κ1) is 19.7. The van der Waals surface area contributed by atoms with Crippen molar-refractivity contribution in [1.82, 2.24) is 14.8 Å². The number of rotatable bonds is 8. The SMILES string of the molecule is COc1ccc(NC(=O)C(C)Sc2nncn2CCc2cccs2)cc1Cl. The molecule has 27 heavy (non-hydrogen) atoms. The number of aromatic nitrogens is 3. The van der Waals surface area contributed by atoms with E-state index in [0.29, 0.717) is 16.5 Å². The molecule has 2 heterocycles. The van der Waals surface area contributed by atoms with E-state index in [1.54, 1.807) is 43.0 Å². The summed E-state index contributed by atoms with van der Waals surface area (Å²) in [4.78, 5) is 13.8. The number of anilines is 1. The maximum Gasteiger partial charge on any atom is 0.237 e. The number of thioether (sulfide) groups is 1. The smallest absolute Gasteiger partial charge is 0.237 e. The lowest BCUT2D eigenvalue weighted by Crippen LogP contribution is -2.23. The second-order valence-corrected chi connectivity index (χ2v) is 8.48. The van der Waals surface area contributed by atoms with Gasteiger partial charge in [-0.15, -0.1) is 21.5 Å². The van der Waals surface area contributed by atoms with Gasteiger partial charge in [0, 0.05) is 17.1 Å². The molecule has 3 rings (SSSR count). The van der Waals surface area contributed by atoms with Gasteiger partial charge in [-0.1, -0.05) is 29.4 Å². The van der Waals surface area contributed by atoms with Gasteiger partial charge in [0.1, 0.15) is 12.1 Å². The molecule has 1 unspecified atom stereocenters. The third-order valence-corrected chi connectivity index (χ3v) is 6.16. The summed E-state index contributed by atoms with van der Waals surface area (Å²) in [5.74, 6) is 0.435. The minimum absolute atomic E-state index is 0.131. The van der Waals surface area contributed by atoms with Crippen molar-refractivity contribution in [1.29, 1.82) is 0 Å². The number of carbonyl (C=O) groups is 1. The van der Waals surface area contributed by atoms with E-state index in [0.717, 1.165) is 18.1 Å². The zero-order valence-electron chi connectivity index (χ0n) is 14.9. The lowest BCUT2D eigenvalue weighted by molar-refractivity contribution is -0.115. The number of hydrogen-bond acceptors (Lipinski definition) is 6. The maximum absolute atomic E-state index is 12.5. The summed E-state index contributed by atoms with van der Waals surface area (Å²) in [6, 6.07) is 9.29. The first-order valence-corrected chi connectivity index (χ1v) is 10.4. The minimum atomic E-state index is -0.337. The standard InChI is InChI=1S/C18H19ClN4O2S2/c1-12(17(24)21-13-5-6-16(25-2)15(19)10-13)27-18-22-20-11-23(18)8-7-14-4-3-9-26-14/h3-6,9-12H,7-8H2,1-2H3,(H,21,24). The fraction of sp³-hybridized carbons (Fsp3) is 0.278. The molecule has 3 aromatic rings. The summed E-state index contributed by atoms with van der Waals surface area (Å²) in [5.41, 5.74) is 0.623. The average molecular weight is 423 g/mol. The Balaban J connectivity index is 1.58. The summed E-state index contributed by atoms with van der Waals surface area (Å²) < 4.78 is 7.09. The predicted octanol–water partition coefficient (Wildman–Crippen LogP) is 4.36. The fourth-order valence-electron chi connectivity index (χ4n) is 2.37. The van der Waals surface area contributed by atoms with E-state index in [9.17, 15) is 4.79 Å². The first-order valence-electron chi connectivity index (χ1n) is 8.28. The van der Waals surface area contributed by atoms with Crippen LogP contribution in [-0.4, -0.2) is 33.0 Å². The van der Waals surface area contributed by atoms with Crippen LogP contribution >= 0.6 is 34.7 Å². The van der Waals surface area contributed by atoms with Crippen LogP contribution in [0.4, 0.5) is 5.69 Å². The van der Waals surface area contributed by atoms with Gasteiger partial charge in [-0.2, -0.15) is 0 Å².